The molecule has 0 aliphatic heterocycles. The van der Waals surface area contributed by atoms with Crippen molar-refractivity contribution < 1.29 is 0 Å². The Morgan fingerprint density at radius 1 is 1.00 bits per heavy atom. The van der Waals surface area contributed by atoms with Crippen LogP contribution in [0.15, 0.2) is 12.2 Å². The second-order valence-corrected chi connectivity index (χ2v) is 4.47. The second kappa shape index (κ2) is 6.28. The molecule has 0 spiro atoms. The lowest BCUT2D eigenvalue weighted by molar-refractivity contribution is 0.395. The lowest BCUT2D eigenvalue weighted by Gasteiger charge is -2.13. The summed E-state index contributed by atoms with van der Waals surface area (Å²) in [4.78, 5) is 0. The highest BCUT2D eigenvalue weighted by atomic mass is 14.1. The maximum Gasteiger partial charge on any atom is -0.0290 e. The summed E-state index contributed by atoms with van der Waals surface area (Å²) < 4.78 is 0. The van der Waals surface area contributed by atoms with Gasteiger partial charge in [0.25, 0.3) is 0 Å². The maximum absolute atomic E-state index is 2.34. The normalized spacial score (nSPS) is 14.9. The Kier molecular flexibility index (Phi) is 6.14. The molecule has 0 nitrogen and oxygen atoms in total. The molecule has 0 bridgehead atoms. The van der Waals surface area contributed by atoms with Gasteiger partial charge in [-0.25, -0.2) is 0 Å². The third-order valence-electron chi connectivity index (χ3n) is 2.45. The van der Waals surface area contributed by atoms with Gasteiger partial charge in [0.1, 0.15) is 0 Å². The van der Waals surface area contributed by atoms with Crippen molar-refractivity contribution in [3.8, 4) is 0 Å². The molecule has 1 unspecified atom stereocenters. The summed E-state index contributed by atoms with van der Waals surface area (Å²) in [6, 6.07) is 0. The fraction of sp³-hybridized carbons (Fsp3) is 0.833. The average molecular weight is 168 g/mol. The molecule has 0 aromatic carbocycles. The fourth-order valence-corrected chi connectivity index (χ4v) is 1.06. The van der Waals surface area contributed by atoms with E-state index in [2.05, 4.69) is 46.8 Å². The van der Waals surface area contributed by atoms with Gasteiger partial charge in [0.2, 0.25) is 0 Å². The Bertz CT molecular complexity index is 120. The van der Waals surface area contributed by atoms with Crippen LogP contribution in [0.3, 0.4) is 0 Å². The van der Waals surface area contributed by atoms with Crippen molar-refractivity contribution in [2.75, 3.05) is 0 Å². The minimum absolute atomic E-state index is 0.708. The van der Waals surface area contributed by atoms with E-state index in [9.17, 15) is 0 Å². The van der Waals surface area contributed by atoms with Crippen LogP contribution in [-0.4, -0.2) is 0 Å². The third kappa shape index (κ3) is 6.45. The molecular formula is C12H24. The molecule has 0 fully saturated rings. The molecule has 0 amide bonds. The zero-order valence-electron chi connectivity index (χ0n) is 9.30. The minimum Gasteiger partial charge on any atom is -0.0883 e. The van der Waals surface area contributed by atoms with Crippen LogP contribution in [0, 0.1) is 17.8 Å². The maximum atomic E-state index is 2.34. The number of hydrogen-bond donors (Lipinski definition) is 0. The Morgan fingerprint density at radius 2 is 1.58 bits per heavy atom. The van der Waals surface area contributed by atoms with Crippen LogP contribution in [0.4, 0.5) is 0 Å². The molecule has 0 saturated carbocycles. The van der Waals surface area contributed by atoms with E-state index < -0.39 is 0 Å². The number of hydrogen-bond acceptors (Lipinski definition) is 0. The van der Waals surface area contributed by atoms with Crippen molar-refractivity contribution in [3.05, 3.63) is 12.2 Å². The molecule has 0 saturated heterocycles. The van der Waals surface area contributed by atoms with E-state index in [4.69, 9.17) is 0 Å². The van der Waals surface area contributed by atoms with E-state index in [0.29, 0.717) is 5.92 Å². The second-order valence-electron chi connectivity index (χ2n) is 4.47. The quantitative estimate of drug-likeness (QED) is 0.538. The first kappa shape index (κ1) is 11.7. The third-order valence-corrected chi connectivity index (χ3v) is 2.45. The molecule has 0 rings (SSSR count). The van der Waals surface area contributed by atoms with E-state index in [0.717, 1.165) is 11.8 Å². The Balaban J connectivity index is 3.43. The highest BCUT2D eigenvalue weighted by molar-refractivity contribution is 4.84. The van der Waals surface area contributed by atoms with Gasteiger partial charge in [-0.3, -0.25) is 0 Å². The predicted molar refractivity (Wildman–Crippen MR) is 57.2 cm³/mol. The Morgan fingerprint density at radius 3 is 2.00 bits per heavy atom. The van der Waals surface area contributed by atoms with Gasteiger partial charge < -0.3 is 0 Å². The first-order valence-corrected chi connectivity index (χ1v) is 5.20. The van der Waals surface area contributed by atoms with Gasteiger partial charge in [-0.1, -0.05) is 46.8 Å². The van der Waals surface area contributed by atoms with E-state index in [1.54, 1.807) is 0 Å². The van der Waals surface area contributed by atoms with Crippen LogP contribution in [0.1, 0.15) is 47.5 Å². The number of rotatable bonds is 5. The molecule has 0 aliphatic carbocycles. The summed E-state index contributed by atoms with van der Waals surface area (Å²) in [6.45, 7) is 11.4. The van der Waals surface area contributed by atoms with Gasteiger partial charge in [0.05, 0.1) is 0 Å². The first-order valence-electron chi connectivity index (χ1n) is 5.20. The van der Waals surface area contributed by atoms with E-state index in [-0.39, 0.29) is 0 Å². The zero-order valence-corrected chi connectivity index (χ0v) is 9.30. The van der Waals surface area contributed by atoms with E-state index >= 15 is 0 Å². The largest absolute Gasteiger partial charge is 0.0883 e. The Hall–Kier alpha value is -0.260. The van der Waals surface area contributed by atoms with E-state index in [1.165, 1.54) is 12.8 Å². The smallest absolute Gasteiger partial charge is 0.0290 e. The molecule has 72 valence electrons. The molecule has 0 aliphatic rings. The van der Waals surface area contributed by atoms with Crippen molar-refractivity contribution in [2.45, 2.75) is 47.5 Å². The van der Waals surface area contributed by atoms with Crippen molar-refractivity contribution in [2.24, 2.45) is 17.8 Å². The first-order chi connectivity index (χ1) is 5.54. The highest BCUT2D eigenvalue weighted by Gasteiger charge is 2.04. The Labute approximate surface area is 78.1 Å². The predicted octanol–water partition coefficient (Wildman–Crippen LogP) is 4.27. The molecule has 12 heavy (non-hydrogen) atoms. The van der Waals surface area contributed by atoms with Gasteiger partial charge in [-0.15, -0.1) is 0 Å². The molecule has 0 aromatic heterocycles. The molecule has 0 heteroatoms. The minimum atomic E-state index is 0.708. The van der Waals surface area contributed by atoms with Crippen molar-refractivity contribution in [1.29, 1.82) is 0 Å². The monoisotopic (exact) mass is 168 g/mol. The van der Waals surface area contributed by atoms with Crippen LogP contribution >= 0.6 is 0 Å². The lowest BCUT2D eigenvalue weighted by Crippen LogP contribution is -2.02. The standard InChI is InChI=1S/C12H24/c1-10(2)8-6-7-9-12(5)11(3)4/h6,8,10-12H,7,9H2,1-5H3/b8-6+. The van der Waals surface area contributed by atoms with Crippen LogP contribution < -0.4 is 0 Å². The van der Waals surface area contributed by atoms with Gasteiger partial charge >= 0.3 is 0 Å². The van der Waals surface area contributed by atoms with Gasteiger partial charge in [0.15, 0.2) is 0 Å². The van der Waals surface area contributed by atoms with Gasteiger partial charge in [-0.05, 0) is 30.6 Å². The fourth-order valence-electron chi connectivity index (χ4n) is 1.06. The molecule has 0 heterocycles. The van der Waals surface area contributed by atoms with E-state index in [1.807, 2.05) is 0 Å². The molecule has 1 atom stereocenters. The van der Waals surface area contributed by atoms with Crippen LogP contribution in [0.5, 0.6) is 0 Å². The topological polar surface area (TPSA) is 0 Å². The van der Waals surface area contributed by atoms with Crippen LogP contribution in [-0.2, 0) is 0 Å². The van der Waals surface area contributed by atoms with Crippen molar-refractivity contribution >= 4 is 0 Å². The molecule has 0 N–H and O–H groups in total. The van der Waals surface area contributed by atoms with Crippen LogP contribution in [0.25, 0.3) is 0 Å². The molecule has 0 radical (unpaired) electrons. The van der Waals surface area contributed by atoms with Crippen LogP contribution in [0.2, 0.25) is 0 Å². The summed E-state index contributed by atoms with van der Waals surface area (Å²) in [7, 11) is 0. The summed E-state index contributed by atoms with van der Waals surface area (Å²) in [5.41, 5.74) is 0. The van der Waals surface area contributed by atoms with Crippen molar-refractivity contribution in [1.82, 2.24) is 0 Å². The lowest BCUT2D eigenvalue weighted by atomic mass is 9.93. The summed E-state index contributed by atoms with van der Waals surface area (Å²) >= 11 is 0. The number of allylic oxidation sites excluding steroid dienone is 2. The SMILES string of the molecule is CC(C)/C=C/CCC(C)C(C)C. The van der Waals surface area contributed by atoms with Crippen molar-refractivity contribution in [3.63, 3.8) is 0 Å². The summed E-state index contributed by atoms with van der Waals surface area (Å²) in [5, 5.41) is 0. The summed E-state index contributed by atoms with van der Waals surface area (Å²) in [6.07, 6.45) is 7.20. The summed E-state index contributed by atoms with van der Waals surface area (Å²) in [5.74, 6) is 2.40. The highest BCUT2D eigenvalue weighted by Crippen LogP contribution is 2.16. The molecular weight excluding hydrogens is 144 g/mol. The molecule has 0 aromatic rings. The van der Waals surface area contributed by atoms with Gasteiger partial charge in [0, 0.05) is 0 Å². The average Bonchev–Trinajstić information content (AvgIpc) is 1.97. The van der Waals surface area contributed by atoms with Gasteiger partial charge in [-0.2, -0.15) is 0 Å². The zero-order chi connectivity index (χ0) is 9.56.